The highest BCUT2D eigenvalue weighted by atomic mass is 16.5. The summed E-state index contributed by atoms with van der Waals surface area (Å²) in [6.07, 6.45) is 5.02. The molecule has 23 heavy (non-hydrogen) atoms. The van der Waals surface area contributed by atoms with Crippen LogP contribution in [0.1, 0.15) is 43.0 Å². The molecule has 3 rings (SSSR count). The molecule has 1 aromatic carbocycles. The van der Waals surface area contributed by atoms with Gasteiger partial charge in [-0.2, -0.15) is 0 Å². The van der Waals surface area contributed by atoms with Crippen LogP contribution in [-0.2, 0) is 0 Å². The average Bonchev–Trinajstić information content (AvgIpc) is 2.61. The van der Waals surface area contributed by atoms with Gasteiger partial charge in [0.2, 0.25) is 0 Å². The van der Waals surface area contributed by atoms with Crippen molar-refractivity contribution in [3.8, 4) is 5.75 Å². The Balaban J connectivity index is 1.51. The highest BCUT2D eigenvalue weighted by Crippen LogP contribution is 2.35. The van der Waals surface area contributed by atoms with Crippen LogP contribution >= 0.6 is 0 Å². The maximum atomic E-state index is 5.31. The van der Waals surface area contributed by atoms with Gasteiger partial charge in [0.1, 0.15) is 5.75 Å². The van der Waals surface area contributed by atoms with Crippen LogP contribution in [0.5, 0.6) is 5.75 Å². The third kappa shape index (κ3) is 4.04. The van der Waals surface area contributed by atoms with Crippen LogP contribution in [0.25, 0.3) is 0 Å². The second-order valence-corrected chi connectivity index (χ2v) is 6.49. The minimum absolute atomic E-state index is 0.604. The smallest absolute Gasteiger partial charge is 0.140 e. The number of benzene rings is 1. The molecular weight excluding hydrogens is 284 g/mol. The summed E-state index contributed by atoms with van der Waals surface area (Å²) in [5.74, 6) is 2.26. The summed E-state index contributed by atoms with van der Waals surface area (Å²) in [5.41, 5.74) is 3.46. The molecule has 1 aliphatic rings. The Hall–Kier alpha value is -2.03. The highest BCUT2D eigenvalue weighted by Gasteiger charge is 2.23. The molecule has 0 aliphatic heterocycles. The number of hydrogen-bond acceptors (Lipinski definition) is 3. The van der Waals surface area contributed by atoms with Gasteiger partial charge in [-0.1, -0.05) is 18.2 Å². The summed E-state index contributed by atoms with van der Waals surface area (Å²) >= 11 is 0. The van der Waals surface area contributed by atoms with Gasteiger partial charge in [-0.3, -0.25) is 4.98 Å². The number of pyridine rings is 1. The SMILES string of the molecule is COc1ccc([C@H]2CC[C@H](CNc3ccccc3)CC2)nc1C. The fourth-order valence-electron chi connectivity index (χ4n) is 3.49. The fourth-order valence-corrected chi connectivity index (χ4v) is 3.49. The molecule has 0 saturated heterocycles. The van der Waals surface area contributed by atoms with Gasteiger partial charge in [0.05, 0.1) is 12.8 Å². The fraction of sp³-hybridized carbons (Fsp3) is 0.450. The van der Waals surface area contributed by atoms with Crippen LogP contribution < -0.4 is 10.1 Å². The van der Waals surface area contributed by atoms with E-state index in [4.69, 9.17) is 9.72 Å². The summed E-state index contributed by atoms with van der Waals surface area (Å²) in [5, 5.41) is 3.56. The van der Waals surface area contributed by atoms with E-state index in [2.05, 4.69) is 47.8 Å². The molecule has 3 heteroatoms. The molecule has 122 valence electrons. The highest BCUT2D eigenvalue weighted by molar-refractivity contribution is 5.42. The zero-order valence-corrected chi connectivity index (χ0v) is 14.1. The Bertz CT molecular complexity index is 619. The van der Waals surface area contributed by atoms with Crippen molar-refractivity contribution >= 4 is 5.69 Å². The van der Waals surface area contributed by atoms with Crippen molar-refractivity contribution in [1.82, 2.24) is 4.98 Å². The van der Waals surface area contributed by atoms with E-state index in [1.807, 2.05) is 6.92 Å². The first-order valence-corrected chi connectivity index (χ1v) is 8.56. The monoisotopic (exact) mass is 310 g/mol. The predicted octanol–water partition coefficient (Wildman–Crippen LogP) is 4.78. The lowest BCUT2D eigenvalue weighted by Gasteiger charge is -2.28. The van der Waals surface area contributed by atoms with E-state index in [1.54, 1.807) is 7.11 Å². The maximum absolute atomic E-state index is 5.31. The minimum atomic E-state index is 0.604. The van der Waals surface area contributed by atoms with Gasteiger partial charge in [-0.15, -0.1) is 0 Å². The van der Waals surface area contributed by atoms with Crippen molar-refractivity contribution in [3.05, 3.63) is 53.9 Å². The lowest BCUT2D eigenvalue weighted by molar-refractivity contribution is 0.334. The lowest BCUT2D eigenvalue weighted by Crippen LogP contribution is -2.21. The first-order chi connectivity index (χ1) is 11.3. The van der Waals surface area contributed by atoms with Crippen molar-refractivity contribution < 1.29 is 4.74 Å². The van der Waals surface area contributed by atoms with Crippen LogP contribution in [-0.4, -0.2) is 18.6 Å². The number of ether oxygens (including phenoxy) is 1. The third-order valence-corrected chi connectivity index (χ3v) is 4.91. The second kappa shape index (κ2) is 7.49. The molecule has 1 fully saturated rings. The molecule has 1 heterocycles. The van der Waals surface area contributed by atoms with Crippen LogP contribution in [0, 0.1) is 12.8 Å². The Morgan fingerprint density at radius 2 is 1.78 bits per heavy atom. The predicted molar refractivity (Wildman–Crippen MR) is 95.2 cm³/mol. The summed E-state index contributed by atoms with van der Waals surface area (Å²) in [6.45, 7) is 3.10. The molecule has 1 aliphatic carbocycles. The minimum Gasteiger partial charge on any atom is -0.495 e. The largest absolute Gasteiger partial charge is 0.495 e. The summed E-state index contributed by atoms with van der Waals surface area (Å²) in [4.78, 5) is 4.75. The normalized spacial score (nSPS) is 21.0. The zero-order chi connectivity index (χ0) is 16.1. The number of methoxy groups -OCH3 is 1. The topological polar surface area (TPSA) is 34.1 Å². The zero-order valence-electron chi connectivity index (χ0n) is 14.1. The van der Waals surface area contributed by atoms with Gasteiger partial charge in [-0.05, 0) is 62.8 Å². The molecule has 0 amide bonds. The van der Waals surface area contributed by atoms with E-state index in [0.29, 0.717) is 5.92 Å². The molecule has 1 saturated carbocycles. The van der Waals surface area contributed by atoms with Crippen LogP contribution in [0.2, 0.25) is 0 Å². The van der Waals surface area contributed by atoms with Crippen molar-refractivity contribution in [3.63, 3.8) is 0 Å². The summed E-state index contributed by atoms with van der Waals surface area (Å²) in [6, 6.07) is 14.7. The average molecular weight is 310 g/mol. The molecule has 0 spiro atoms. The summed E-state index contributed by atoms with van der Waals surface area (Å²) in [7, 11) is 1.70. The van der Waals surface area contributed by atoms with E-state index in [0.717, 1.165) is 23.9 Å². The molecule has 2 aromatic rings. The van der Waals surface area contributed by atoms with E-state index in [-0.39, 0.29) is 0 Å². The number of aromatic nitrogens is 1. The Labute approximate surface area is 139 Å². The third-order valence-electron chi connectivity index (χ3n) is 4.91. The molecule has 1 aromatic heterocycles. The number of aryl methyl sites for hydroxylation is 1. The van der Waals surface area contributed by atoms with Crippen molar-refractivity contribution in [2.75, 3.05) is 19.0 Å². The van der Waals surface area contributed by atoms with Gasteiger partial charge in [0.15, 0.2) is 0 Å². The van der Waals surface area contributed by atoms with Crippen molar-refractivity contribution in [1.29, 1.82) is 0 Å². The van der Waals surface area contributed by atoms with Gasteiger partial charge >= 0.3 is 0 Å². The molecule has 0 bridgehead atoms. The lowest BCUT2D eigenvalue weighted by atomic mass is 9.80. The van der Waals surface area contributed by atoms with Gasteiger partial charge in [0.25, 0.3) is 0 Å². The van der Waals surface area contributed by atoms with E-state index in [1.165, 1.54) is 37.1 Å². The van der Waals surface area contributed by atoms with E-state index >= 15 is 0 Å². The molecular formula is C20H26N2O. The number of nitrogens with one attached hydrogen (secondary N) is 1. The van der Waals surface area contributed by atoms with E-state index in [9.17, 15) is 0 Å². The van der Waals surface area contributed by atoms with Crippen LogP contribution in [0.3, 0.4) is 0 Å². The Morgan fingerprint density at radius 3 is 2.43 bits per heavy atom. The summed E-state index contributed by atoms with van der Waals surface area (Å²) < 4.78 is 5.31. The Kier molecular flexibility index (Phi) is 5.16. The van der Waals surface area contributed by atoms with Crippen LogP contribution in [0.15, 0.2) is 42.5 Å². The van der Waals surface area contributed by atoms with Gasteiger partial charge < -0.3 is 10.1 Å². The number of hydrogen-bond donors (Lipinski definition) is 1. The Morgan fingerprint density at radius 1 is 1.04 bits per heavy atom. The number of para-hydroxylation sites is 1. The molecule has 3 nitrogen and oxygen atoms in total. The number of anilines is 1. The van der Waals surface area contributed by atoms with Crippen molar-refractivity contribution in [2.45, 2.75) is 38.5 Å². The number of rotatable bonds is 5. The van der Waals surface area contributed by atoms with Crippen molar-refractivity contribution in [2.24, 2.45) is 5.92 Å². The first kappa shape index (κ1) is 15.9. The maximum Gasteiger partial charge on any atom is 0.140 e. The van der Waals surface area contributed by atoms with Crippen LogP contribution in [0.4, 0.5) is 5.69 Å². The molecule has 0 radical (unpaired) electrons. The molecule has 0 atom stereocenters. The molecule has 0 unspecified atom stereocenters. The van der Waals surface area contributed by atoms with E-state index < -0.39 is 0 Å². The second-order valence-electron chi connectivity index (χ2n) is 6.49. The molecule has 1 N–H and O–H groups in total. The van der Waals surface area contributed by atoms with Gasteiger partial charge in [-0.25, -0.2) is 0 Å². The quantitative estimate of drug-likeness (QED) is 0.862. The first-order valence-electron chi connectivity index (χ1n) is 8.56. The standard InChI is InChI=1S/C20H26N2O/c1-15-20(23-2)13-12-19(22-15)17-10-8-16(9-11-17)14-21-18-6-4-3-5-7-18/h3-7,12-13,16-17,21H,8-11,14H2,1-2H3/t16-,17-. The number of nitrogens with zero attached hydrogens (tertiary/aromatic N) is 1. The van der Waals surface area contributed by atoms with Gasteiger partial charge in [0, 0.05) is 23.8 Å².